The van der Waals surface area contributed by atoms with Gasteiger partial charge in [0, 0.05) is 11.5 Å². The lowest BCUT2D eigenvalue weighted by Gasteiger charge is -2.06. The lowest BCUT2D eigenvalue weighted by Crippen LogP contribution is -2.02. The summed E-state index contributed by atoms with van der Waals surface area (Å²) in [5.74, 6) is 0.683. The molecule has 0 bridgehead atoms. The average Bonchev–Trinajstić information content (AvgIpc) is 3.04. The quantitative estimate of drug-likeness (QED) is 0.682. The second-order valence-corrected chi connectivity index (χ2v) is 4.53. The molecule has 1 saturated carbocycles. The van der Waals surface area contributed by atoms with Gasteiger partial charge in [-0.25, -0.2) is 0 Å². The molecule has 0 amide bonds. The van der Waals surface area contributed by atoms with Crippen molar-refractivity contribution in [2.45, 2.75) is 39.5 Å². The Morgan fingerprint density at radius 2 is 2.13 bits per heavy atom. The number of Topliss-reactive ketones (excluding diaryl/α,β-unsaturated/α-hetero) is 1. The van der Waals surface area contributed by atoms with Crippen LogP contribution in [0, 0.1) is 12.8 Å². The monoisotopic (exact) mass is 202 g/mol. The van der Waals surface area contributed by atoms with Crippen LogP contribution in [-0.2, 0) is 6.42 Å². The Morgan fingerprint density at radius 3 is 2.67 bits per heavy atom. The first kappa shape index (κ1) is 10.4. The fourth-order valence-corrected chi connectivity index (χ4v) is 1.98. The van der Waals surface area contributed by atoms with Crippen molar-refractivity contribution < 1.29 is 4.79 Å². The molecule has 0 unspecified atom stereocenters. The minimum absolute atomic E-state index is 0.335. The largest absolute Gasteiger partial charge is 0.294 e. The zero-order valence-electron chi connectivity index (χ0n) is 9.55. The van der Waals surface area contributed by atoms with Gasteiger partial charge < -0.3 is 0 Å². The van der Waals surface area contributed by atoms with E-state index in [4.69, 9.17) is 0 Å². The zero-order valence-corrected chi connectivity index (χ0v) is 9.55. The topological polar surface area (TPSA) is 17.1 Å². The Bertz CT molecular complexity index is 375. The summed E-state index contributed by atoms with van der Waals surface area (Å²) in [6.07, 6.45) is 4.46. The third-order valence-electron chi connectivity index (χ3n) is 3.09. The fourth-order valence-electron chi connectivity index (χ4n) is 1.98. The lowest BCUT2D eigenvalue weighted by atomic mass is 9.98. The predicted molar refractivity (Wildman–Crippen MR) is 62.2 cm³/mol. The van der Waals surface area contributed by atoms with E-state index in [0.29, 0.717) is 11.7 Å². The summed E-state index contributed by atoms with van der Waals surface area (Å²) in [4.78, 5) is 11.8. The highest BCUT2D eigenvalue weighted by Crippen LogP contribution is 2.32. The number of aryl methyl sites for hydroxylation is 2. The van der Waals surface area contributed by atoms with Crippen LogP contribution in [-0.4, -0.2) is 5.78 Å². The Balaban J connectivity index is 2.20. The van der Waals surface area contributed by atoms with Crippen LogP contribution >= 0.6 is 0 Å². The average molecular weight is 202 g/mol. The van der Waals surface area contributed by atoms with E-state index in [9.17, 15) is 4.79 Å². The van der Waals surface area contributed by atoms with Crippen molar-refractivity contribution in [2.24, 2.45) is 5.92 Å². The van der Waals surface area contributed by atoms with Gasteiger partial charge in [-0.15, -0.1) is 0 Å². The number of carbonyl (C=O) groups excluding carboxylic acids is 1. The van der Waals surface area contributed by atoms with Gasteiger partial charge in [0.2, 0.25) is 0 Å². The summed E-state index contributed by atoms with van der Waals surface area (Å²) < 4.78 is 0. The van der Waals surface area contributed by atoms with E-state index in [-0.39, 0.29) is 0 Å². The van der Waals surface area contributed by atoms with Gasteiger partial charge in [-0.3, -0.25) is 4.79 Å². The van der Waals surface area contributed by atoms with Crippen LogP contribution in [0.3, 0.4) is 0 Å². The second-order valence-electron chi connectivity index (χ2n) is 4.53. The van der Waals surface area contributed by atoms with Crippen LogP contribution in [0.5, 0.6) is 0 Å². The van der Waals surface area contributed by atoms with E-state index in [1.54, 1.807) is 0 Å². The molecule has 1 aromatic rings. The molecule has 0 aliphatic heterocycles. The Morgan fingerprint density at radius 1 is 1.40 bits per heavy atom. The summed E-state index contributed by atoms with van der Waals surface area (Å²) >= 11 is 0. The molecule has 0 atom stereocenters. The Kier molecular flexibility index (Phi) is 2.90. The minimum Gasteiger partial charge on any atom is -0.294 e. The van der Waals surface area contributed by atoms with Gasteiger partial charge in [0.25, 0.3) is 0 Å². The van der Waals surface area contributed by atoms with Crippen LogP contribution in [0.15, 0.2) is 18.2 Å². The van der Waals surface area contributed by atoms with Crippen molar-refractivity contribution in [1.82, 2.24) is 0 Å². The first-order chi connectivity index (χ1) is 7.22. The number of rotatable bonds is 4. The molecule has 1 fully saturated rings. The standard InChI is InChI=1S/C14H18O/c1-3-4-11-5-8-13(9-10(11)2)14(15)12-6-7-12/h5,8-9,12H,3-4,6-7H2,1-2H3. The molecular formula is C14H18O. The van der Waals surface area contributed by atoms with E-state index < -0.39 is 0 Å². The van der Waals surface area contributed by atoms with Crippen molar-refractivity contribution in [1.29, 1.82) is 0 Å². The number of benzene rings is 1. The molecule has 0 spiro atoms. The van der Waals surface area contributed by atoms with Gasteiger partial charge in [0.15, 0.2) is 5.78 Å². The fraction of sp³-hybridized carbons (Fsp3) is 0.500. The summed E-state index contributed by atoms with van der Waals surface area (Å²) in [6, 6.07) is 6.18. The highest BCUT2D eigenvalue weighted by atomic mass is 16.1. The number of carbonyl (C=O) groups is 1. The van der Waals surface area contributed by atoms with E-state index >= 15 is 0 Å². The molecule has 1 heteroatoms. The molecular weight excluding hydrogens is 184 g/mol. The molecule has 1 aromatic carbocycles. The van der Waals surface area contributed by atoms with Gasteiger partial charge in [0.05, 0.1) is 0 Å². The van der Waals surface area contributed by atoms with Crippen LogP contribution in [0.1, 0.15) is 47.7 Å². The normalized spacial score (nSPS) is 15.3. The molecule has 0 heterocycles. The van der Waals surface area contributed by atoms with Crippen molar-refractivity contribution >= 4 is 5.78 Å². The SMILES string of the molecule is CCCc1ccc(C(=O)C2CC2)cc1C. The minimum atomic E-state index is 0.335. The zero-order chi connectivity index (χ0) is 10.8. The first-order valence-corrected chi connectivity index (χ1v) is 5.86. The molecule has 0 N–H and O–H groups in total. The molecule has 0 aromatic heterocycles. The maximum atomic E-state index is 11.8. The van der Waals surface area contributed by atoms with Crippen LogP contribution in [0.25, 0.3) is 0 Å². The van der Waals surface area contributed by atoms with Crippen molar-refractivity contribution in [3.8, 4) is 0 Å². The lowest BCUT2D eigenvalue weighted by molar-refractivity contribution is 0.0967. The third kappa shape index (κ3) is 2.28. The van der Waals surface area contributed by atoms with Gasteiger partial charge in [0.1, 0.15) is 0 Å². The predicted octanol–water partition coefficient (Wildman–Crippen LogP) is 3.54. The molecule has 0 radical (unpaired) electrons. The Hall–Kier alpha value is -1.11. The summed E-state index contributed by atoms with van der Waals surface area (Å²) in [5.41, 5.74) is 3.56. The molecule has 0 saturated heterocycles. The van der Waals surface area contributed by atoms with Crippen LogP contribution < -0.4 is 0 Å². The number of ketones is 1. The molecule has 15 heavy (non-hydrogen) atoms. The molecule has 1 aliphatic carbocycles. The van der Waals surface area contributed by atoms with Crippen molar-refractivity contribution in [3.63, 3.8) is 0 Å². The summed E-state index contributed by atoms with van der Waals surface area (Å²) in [5, 5.41) is 0. The summed E-state index contributed by atoms with van der Waals surface area (Å²) in [6.45, 7) is 4.29. The highest BCUT2D eigenvalue weighted by molar-refractivity contribution is 5.99. The van der Waals surface area contributed by atoms with Crippen molar-refractivity contribution in [3.05, 3.63) is 34.9 Å². The van der Waals surface area contributed by atoms with Crippen LogP contribution in [0.4, 0.5) is 0 Å². The maximum absolute atomic E-state index is 11.8. The third-order valence-corrected chi connectivity index (χ3v) is 3.09. The molecule has 2 rings (SSSR count). The maximum Gasteiger partial charge on any atom is 0.165 e. The molecule has 80 valence electrons. The molecule has 1 nitrogen and oxygen atoms in total. The van der Waals surface area contributed by atoms with Crippen LogP contribution in [0.2, 0.25) is 0 Å². The number of hydrogen-bond acceptors (Lipinski definition) is 1. The van der Waals surface area contributed by atoms with E-state index in [2.05, 4.69) is 26.0 Å². The second kappa shape index (κ2) is 4.18. The molecule has 1 aliphatic rings. The van der Waals surface area contributed by atoms with E-state index in [1.165, 1.54) is 11.1 Å². The van der Waals surface area contributed by atoms with Gasteiger partial charge in [-0.2, -0.15) is 0 Å². The van der Waals surface area contributed by atoms with E-state index in [1.807, 2.05) is 6.07 Å². The van der Waals surface area contributed by atoms with Gasteiger partial charge in [-0.1, -0.05) is 25.5 Å². The van der Waals surface area contributed by atoms with E-state index in [0.717, 1.165) is 31.2 Å². The smallest absolute Gasteiger partial charge is 0.165 e. The van der Waals surface area contributed by atoms with Crippen molar-refractivity contribution in [2.75, 3.05) is 0 Å². The summed E-state index contributed by atoms with van der Waals surface area (Å²) in [7, 11) is 0. The highest BCUT2D eigenvalue weighted by Gasteiger charge is 2.30. The first-order valence-electron chi connectivity index (χ1n) is 5.86. The van der Waals surface area contributed by atoms with Gasteiger partial charge in [-0.05, 0) is 43.4 Å². The van der Waals surface area contributed by atoms with Gasteiger partial charge >= 0.3 is 0 Å². The Labute approximate surface area is 91.5 Å². The number of hydrogen-bond donors (Lipinski definition) is 0.